The van der Waals surface area contributed by atoms with Crippen LogP contribution in [0.15, 0.2) is 103 Å². The Kier molecular flexibility index (Phi) is 4.78. The highest BCUT2D eigenvalue weighted by Gasteiger charge is 2.34. The highest BCUT2D eigenvalue weighted by Crippen LogP contribution is 2.40. The van der Waals surface area contributed by atoms with Crippen molar-refractivity contribution in [2.24, 2.45) is 5.73 Å². The smallest absolute Gasteiger partial charge is 0.211 e. The summed E-state index contributed by atoms with van der Waals surface area (Å²) in [5, 5.41) is 1.11. The average Bonchev–Trinajstić information content (AvgIpc) is 2.87. The van der Waals surface area contributed by atoms with Crippen molar-refractivity contribution < 1.29 is 4.98 Å². The van der Waals surface area contributed by atoms with Gasteiger partial charge in [0, 0.05) is 33.7 Å². The van der Waals surface area contributed by atoms with Crippen LogP contribution in [0.25, 0.3) is 44.5 Å². The first-order valence-corrected chi connectivity index (χ1v) is 11.6. The van der Waals surface area contributed by atoms with Crippen molar-refractivity contribution in [2.75, 3.05) is 0 Å². The Bertz CT molecular complexity index is 1420. The molecule has 0 unspecified atom stereocenters. The van der Waals surface area contributed by atoms with E-state index >= 15 is 0 Å². The minimum atomic E-state index is -0.152. The second-order valence-corrected chi connectivity index (χ2v) is 9.02. The Morgan fingerprint density at radius 1 is 0.727 bits per heavy atom. The highest BCUT2D eigenvalue weighted by molar-refractivity contribution is 5.92. The molecule has 3 heteroatoms. The summed E-state index contributed by atoms with van der Waals surface area (Å²) in [6.07, 6.45) is 5.35. The second kappa shape index (κ2) is 7.95. The highest BCUT2D eigenvalue weighted by atomic mass is 14.8. The van der Waals surface area contributed by atoms with E-state index < -0.39 is 0 Å². The zero-order chi connectivity index (χ0) is 22.3. The largest absolute Gasteiger partial charge is 0.321 e. The van der Waals surface area contributed by atoms with Gasteiger partial charge in [0.15, 0.2) is 6.20 Å². The van der Waals surface area contributed by atoms with E-state index in [9.17, 15) is 0 Å². The molecule has 0 bridgehead atoms. The number of hydrogen-bond acceptors (Lipinski definition) is 2. The number of aromatic nitrogens is 2. The molecule has 0 amide bonds. The molecule has 33 heavy (non-hydrogen) atoms. The fourth-order valence-corrected chi connectivity index (χ4v) is 4.77. The van der Waals surface area contributed by atoms with Crippen molar-refractivity contribution in [3.63, 3.8) is 0 Å². The summed E-state index contributed by atoms with van der Waals surface area (Å²) < 4.78 is 0. The van der Waals surface area contributed by atoms with Crippen molar-refractivity contribution in [2.45, 2.75) is 24.8 Å². The van der Waals surface area contributed by atoms with E-state index in [-0.39, 0.29) is 5.54 Å². The third kappa shape index (κ3) is 3.61. The molecule has 3 N–H and O–H groups in total. The number of nitrogens with two attached hydrogens (primary N) is 1. The van der Waals surface area contributed by atoms with E-state index in [0.29, 0.717) is 0 Å². The molecular weight excluding hydrogens is 402 g/mol. The average molecular weight is 429 g/mol. The van der Waals surface area contributed by atoms with Crippen LogP contribution < -0.4 is 10.7 Å². The zero-order valence-electron chi connectivity index (χ0n) is 18.5. The van der Waals surface area contributed by atoms with Crippen molar-refractivity contribution in [3.05, 3.63) is 109 Å². The zero-order valence-corrected chi connectivity index (χ0v) is 18.5. The van der Waals surface area contributed by atoms with Gasteiger partial charge in [0.05, 0.1) is 5.69 Å². The third-order valence-corrected chi connectivity index (χ3v) is 6.90. The van der Waals surface area contributed by atoms with Gasteiger partial charge in [-0.2, -0.15) is 0 Å². The Labute approximate surface area is 194 Å². The molecule has 160 valence electrons. The minimum absolute atomic E-state index is 0.152. The Hall–Kier alpha value is -3.82. The molecule has 2 heterocycles. The molecule has 0 atom stereocenters. The first-order valence-electron chi connectivity index (χ1n) is 11.6. The van der Waals surface area contributed by atoms with Crippen molar-refractivity contribution in [3.8, 4) is 33.6 Å². The molecular formula is C30H26N3+. The molecule has 5 aromatic rings. The lowest BCUT2D eigenvalue weighted by molar-refractivity contribution is -0.362. The van der Waals surface area contributed by atoms with E-state index in [1.807, 2.05) is 18.3 Å². The van der Waals surface area contributed by atoms with E-state index in [2.05, 4.69) is 89.9 Å². The van der Waals surface area contributed by atoms with Crippen LogP contribution in [0, 0.1) is 0 Å². The molecule has 0 aliphatic heterocycles. The molecule has 3 nitrogen and oxygen atoms in total. The predicted octanol–water partition coefficient (Wildman–Crippen LogP) is 6.39. The van der Waals surface area contributed by atoms with Crippen molar-refractivity contribution in [1.82, 2.24) is 4.98 Å². The standard InChI is InChI=1S/C30H25N3/c31-30(16-7-17-30)25-14-12-23(13-15-25)29-26(21-8-3-1-4-9-21)18-24-19-27(32-20-28(24)33-29)22-10-5-2-6-11-22/h1-6,8-15,18-20H,7,16-17,31H2/p+1. The fourth-order valence-electron chi connectivity index (χ4n) is 4.77. The van der Waals surface area contributed by atoms with Gasteiger partial charge in [0.1, 0.15) is 5.52 Å². The summed E-state index contributed by atoms with van der Waals surface area (Å²) in [6, 6.07) is 34.0. The van der Waals surface area contributed by atoms with Crippen LogP contribution in [-0.4, -0.2) is 4.98 Å². The molecule has 1 aliphatic carbocycles. The summed E-state index contributed by atoms with van der Waals surface area (Å²) in [5.74, 6) is 0. The maximum absolute atomic E-state index is 6.55. The third-order valence-electron chi connectivity index (χ3n) is 6.90. The van der Waals surface area contributed by atoms with Crippen LogP contribution in [0.5, 0.6) is 0 Å². The molecule has 1 aliphatic rings. The van der Waals surface area contributed by atoms with E-state index in [1.165, 1.54) is 12.0 Å². The maximum atomic E-state index is 6.55. The lowest BCUT2D eigenvalue weighted by Crippen LogP contribution is -2.43. The van der Waals surface area contributed by atoms with Gasteiger partial charge in [-0.3, -0.25) is 0 Å². The van der Waals surface area contributed by atoms with Gasteiger partial charge in [-0.05, 0) is 48.6 Å². The van der Waals surface area contributed by atoms with Gasteiger partial charge in [0.2, 0.25) is 5.69 Å². The van der Waals surface area contributed by atoms with Crippen molar-refractivity contribution >= 4 is 10.9 Å². The summed E-state index contributed by atoms with van der Waals surface area (Å²) in [7, 11) is 0. The Balaban J connectivity index is 1.50. The van der Waals surface area contributed by atoms with Crippen LogP contribution >= 0.6 is 0 Å². The number of aromatic amines is 1. The summed E-state index contributed by atoms with van der Waals surface area (Å²) in [4.78, 5) is 8.55. The molecule has 3 aromatic carbocycles. The first-order chi connectivity index (χ1) is 16.2. The van der Waals surface area contributed by atoms with E-state index in [4.69, 9.17) is 10.7 Å². The van der Waals surface area contributed by atoms with Crippen LogP contribution in [0.1, 0.15) is 24.8 Å². The summed E-state index contributed by atoms with van der Waals surface area (Å²) in [5.41, 5.74) is 15.2. The number of hydrogen-bond donors (Lipinski definition) is 1. The maximum Gasteiger partial charge on any atom is 0.211 e. The van der Waals surface area contributed by atoms with Crippen LogP contribution in [0.2, 0.25) is 0 Å². The normalized spacial score (nSPS) is 14.7. The van der Waals surface area contributed by atoms with Gasteiger partial charge in [0.25, 0.3) is 0 Å². The topological polar surface area (TPSA) is 53.0 Å². The van der Waals surface area contributed by atoms with E-state index in [1.54, 1.807) is 0 Å². The molecule has 0 saturated heterocycles. The predicted molar refractivity (Wildman–Crippen MR) is 134 cm³/mol. The molecule has 1 fully saturated rings. The molecule has 0 spiro atoms. The Morgan fingerprint density at radius 2 is 1.39 bits per heavy atom. The number of fused-ring (bicyclic) bond motifs is 1. The Morgan fingerprint density at radius 3 is 2.03 bits per heavy atom. The quantitative estimate of drug-likeness (QED) is 0.361. The number of nitrogens with zero attached hydrogens (tertiary/aromatic N) is 1. The van der Waals surface area contributed by atoms with E-state index in [0.717, 1.165) is 57.4 Å². The molecule has 0 radical (unpaired) electrons. The molecule has 6 rings (SSSR count). The van der Waals surface area contributed by atoms with Crippen LogP contribution in [-0.2, 0) is 5.54 Å². The van der Waals surface area contributed by atoms with Crippen LogP contribution in [0.4, 0.5) is 0 Å². The number of benzene rings is 3. The van der Waals surface area contributed by atoms with Crippen molar-refractivity contribution in [1.29, 1.82) is 0 Å². The van der Waals surface area contributed by atoms with Gasteiger partial charge >= 0.3 is 0 Å². The number of pyridine rings is 2. The lowest BCUT2D eigenvalue weighted by Gasteiger charge is -2.38. The molecule has 1 saturated carbocycles. The summed E-state index contributed by atoms with van der Waals surface area (Å²) >= 11 is 0. The minimum Gasteiger partial charge on any atom is -0.321 e. The van der Waals surface area contributed by atoms with Gasteiger partial charge < -0.3 is 5.73 Å². The lowest BCUT2D eigenvalue weighted by atomic mass is 9.72. The number of nitrogens with one attached hydrogen (secondary N) is 1. The monoisotopic (exact) mass is 428 g/mol. The SMILES string of the molecule is NC1(c2ccc(-c3nc4c[nH+]c(-c5ccccc5)cc4cc3-c3ccccc3)cc2)CCC1. The fraction of sp³-hybridized carbons (Fsp3) is 0.133. The second-order valence-electron chi connectivity index (χ2n) is 9.02. The van der Waals surface area contributed by atoms with Gasteiger partial charge in [-0.25, -0.2) is 9.97 Å². The molecule has 2 aromatic heterocycles. The van der Waals surface area contributed by atoms with Crippen LogP contribution in [0.3, 0.4) is 0 Å². The number of H-pyrrole nitrogens is 1. The number of rotatable bonds is 4. The van der Waals surface area contributed by atoms with Gasteiger partial charge in [-0.1, -0.05) is 72.8 Å². The van der Waals surface area contributed by atoms with Gasteiger partial charge in [-0.15, -0.1) is 0 Å². The summed E-state index contributed by atoms with van der Waals surface area (Å²) in [6.45, 7) is 0. The first kappa shape index (κ1) is 19.8.